The summed E-state index contributed by atoms with van der Waals surface area (Å²) in [6.45, 7) is 1.75. The molecule has 0 bridgehead atoms. The Morgan fingerprint density at radius 2 is 1.88 bits per heavy atom. The third-order valence-corrected chi connectivity index (χ3v) is 5.52. The van der Waals surface area contributed by atoms with Gasteiger partial charge in [-0.25, -0.2) is 18.6 Å². The minimum atomic E-state index is -1.29. The van der Waals surface area contributed by atoms with Gasteiger partial charge in [0.25, 0.3) is 5.91 Å². The molecule has 178 valence electrons. The van der Waals surface area contributed by atoms with Gasteiger partial charge in [-0.05, 0) is 36.2 Å². The van der Waals surface area contributed by atoms with Crippen LogP contribution in [0.15, 0.2) is 48.7 Å². The van der Waals surface area contributed by atoms with Gasteiger partial charge in [0.2, 0.25) is 0 Å². The van der Waals surface area contributed by atoms with E-state index in [9.17, 15) is 23.5 Å². The van der Waals surface area contributed by atoms with Crippen molar-refractivity contribution in [1.82, 2.24) is 9.88 Å². The highest BCUT2D eigenvalue weighted by Crippen LogP contribution is 2.38. The fourth-order valence-electron chi connectivity index (χ4n) is 3.77. The molecule has 0 saturated heterocycles. The van der Waals surface area contributed by atoms with Crippen LogP contribution in [0.25, 0.3) is 0 Å². The number of aromatic nitrogens is 1. The highest BCUT2D eigenvalue weighted by atomic mass is 35.5. The standard InChI is InChI=1S/C24H22ClF2N3O4/c1-3-20(17-5-4-6-18(25)22(17)34-2)30(23(31)14-8-15(26)10-16(27)9-14)12-13-7-19(28)21(24(32)33)29-11-13/h4-11,20H,3,12,28H2,1-2H3,(H,32,33)/t20-/m0/s1. The van der Waals surface area contributed by atoms with Gasteiger partial charge in [-0.15, -0.1) is 0 Å². The first kappa shape index (κ1) is 24.9. The molecule has 3 aromatic rings. The van der Waals surface area contributed by atoms with Crippen molar-refractivity contribution >= 4 is 29.2 Å². The number of nitrogen functional groups attached to an aromatic ring is 1. The topological polar surface area (TPSA) is 106 Å². The van der Waals surface area contributed by atoms with Crippen LogP contribution in [0.2, 0.25) is 5.02 Å². The minimum absolute atomic E-state index is 0.0809. The number of carboxylic acid groups (broad SMARTS) is 1. The summed E-state index contributed by atoms with van der Waals surface area (Å²) >= 11 is 6.29. The van der Waals surface area contributed by atoms with E-state index in [0.29, 0.717) is 34.4 Å². The number of benzene rings is 2. The molecule has 1 atom stereocenters. The Hall–Kier alpha value is -3.72. The Kier molecular flexibility index (Phi) is 7.68. The third kappa shape index (κ3) is 5.26. The zero-order valence-electron chi connectivity index (χ0n) is 18.4. The summed E-state index contributed by atoms with van der Waals surface area (Å²) < 4.78 is 33.3. The van der Waals surface area contributed by atoms with Gasteiger partial charge in [-0.1, -0.05) is 30.7 Å². The number of aromatic carboxylic acids is 1. The summed E-state index contributed by atoms with van der Waals surface area (Å²) in [5, 5.41) is 9.51. The number of hydrogen-bond donors (Lipinski definition) is 2. The number of carbonyl (C=O) groups is 2. The van der Waals surface area contributed by atoms with Crippen LogP contribution in [-0.2, 0) is 6.54 Å². The molecule has 0 spiro atoms. The summed E-state index contributed by atoms with van der Waals surface area (Å²) in [6, 6.07) is 8.42. The summed E-state index contributed by atoms with van der Waals surface area (Å²) in [7, 11) is 1.45. The fourth-order valence-corrected chi connectivity index (χ4v) is 4.03. The largest absolute Gasteiger partial charge is 0.495 e. The van der Waals surface area contributed by atoms with E-state index in [2.05, 4.69) is 4.98 Å². The lowest BCUT2D eigenvalue weighted by Crippen LogP contribution is -2.35. The zero-order chi connectivity index (χ0) is 25.0. The van der Waals surface area contributed by atoms with Crippen LogP contribution in [0, 0.1) is 11.6 Å². The van der Waals surface area contributed by atoms with E-state index in [4.69, 9.17) is 22.1 Å². The molecule has 1 amide bonds. The molecule has 34 heavy (non-hydrogen) atoms. The lowest BCUT2D eigenvalue weighted by molar-refractivity contribution is 0.0645. The predicted molar refractivity (Wildman–Crippen MR) is 123 cm³/mol. The average molecular weight is 490 g/mol. The van der Waals surface area contributed by atoms with Crippen molar-refractivity contribution in [3.8, 4) is 5.75 Å². The first-order valence-corrected chi connectivity index (χ1v) is 10.6. The number of nitrogens with two attached hydrogens (primary N) is 1. The quantitative estimate of drug-likeness (QED) is 0.456. The predicted octanol–water partition coefficient (Wildman–Crippen LogP) is 5.10. The maximum atomic E-state index is 13.9. The number of ether oxygens (including phenoxy) is 1. The van der Waals surface area contributed by atoms with Gasteiger partial charge in [0.05, 0.1) is 23.9 Å². The maximum Gasteiger partial charge on any atom is 0.356 e. The Balaban J connectivity index is 2.13. The summed E-state index contributed by atoms with van der Waals surface area (Å²) in [5.74, 6) is -3.38. The highest BCUT2D eigenvalue weighted by molar-refractivity contribution is 6.32. The van der Waals surface area contributed by atoms with Crippen LogP contribution in [-0.4, -0.2) is 34.0 Å². The van der Waals surface area contributed by atoms with Gasteiger partial charge in [-0.2, -0.15) is 0 Å². The molecular formula is C24H22ClF2N3O4. The van der Waals surface area contributed by atoms with Crippen LogP contribution < -0.4 is 10.5 Å². The molecule has 10 heteroatoms. The molecule has 7 nitrogen and oxygen atoms in total. The summed E-state index contributed by atoms with van der Waals surface area (Å²) in [5.41, 5.74) is 6.24. The second-order valence-electron chi connectivity index (χ2n) is 7.46. The molecule has 0 radical (unpaired) electrons. The Bertz CT molecular complexity index is 1220. The number of anilines is 1. The number of methoxy groups -OCH3 is 1. The molecule has 0 saturated carbocycles. The van der Waals surface area contributed by atoms with Crippen molar-refractivity contribution in [3.63, 3.8) is 0 Å². The van der Waals surface area contributed by atoms with E-state index >= 15 is 0 Å². The minimum Gasteiger partial charge on any atom is -0.495 e. The second-order valence-corrected chi connectivity index (χ2v) is 7.87. The lowest BCUT2D eigenvalue weighted by Gasteiger charge is -2.33. The van der Waals surface area contributed by atoms with Crippen molar-refractivity contribution in [1.29, 1.82) is 0 Å². The third-order valence-electron chi connectivity index (χ3n) is 5.22. The van der Waals surface area contributed by atoms with E-state index in [1.807, 2.05) is 6.92 Å². The number of carbonyl (C=O) groups excluding carboxylic acids is 1. The molecule has 3 rings (SSSR count). The van der Waals surface area contributed by atoms with Gasteiger partial charge in [0.15, 0.2) is 5.69 Å². The monoisotopic (exact) mass is 489 g/mol. The van der Waals surface area contributed by atoms with E-state index in [0.717, 1.165) is 12.1 Å². The van der Waals surface area contributed by atoms with Gasteiger partial charge >= 0.3 is 5.97 Å². The van der Waals surface area contributed by atoms with E-state index in [-0.39, 0.29) is 23.5 Å². The number of nitrogens with zero attached hydrogens (tertiary/aromatic N) is 2. The van der Waals surface area contributed by atoms with Gasteiger partial charge < -0.3 is 20.5 Å². The van der Waals surface area contributed by atoms with Crippen molar-refractivity contribution < 1.29 is 28.2 Å². The number of carboxylic acids is 1. The molecule has 2 aromatic carbocycles. The van der Waals surface area contributed by atoms with Crippen molar-refractivity contribution in [3.05, 3.63) is 87.7 Å². The summed E-state index contributed by atoms with van der Waals surface area (Å²) in [4.78, 5) is 30.1. The van der Waals surface area contributed by atoms with Gasteiger partial charge in [0, 0.05) is 29.9 Å². The van der Waals surface area contributed by atoms with Crippen LogP contribution >= 0.6 is 11.6 Å². The van der Waals surface area contributed by atoms with Gasteiger partial charge in [-0.3, -0.25) is 4.79 Å². The molecule has 1 heterocycles. The van der Waals surface area contributed by atoms with E-state index in [1.165, 1.54) is 24.3 Å². The van der Waals surface area contributed by atoms with Crippen molar-refractivity contribution in [2.24, 2.45) is 0 Å². The number of hydrogen-bond acceptors (Lipinski definition) is 5. The molecule has 0 aliphatic rings. The van der Waals surface area contributed by atoms with E-state index in [1.54, 1.807) is 18.2 Å². The first-order valence-electron chi connectivity index (χ1n) is 10.2. The number of pyridine rings is 1. The van der Waals surface area contributed by atoms with Gasteiger partial charge in [0.1, 0.15) is 17.4 Å². The molecule has 0 unspecified atom stereocenters. The fraction of sp³-hybridized carbons (Fsp3) is 0.208. The Morgan fingerprint density at radius 3 is 2.44 bits per heavy atom. The van der Waals surface area contributed by atoms with E-state index < -0.39 is 29.6 Å². The number of para-hydroxylation sites is 1. The maximum absolute atomic E-state index is 13.9. The summed E-state index contributed by atoms with van der Waals surface area (Å²) in [6.07, 6.45) is 1.69. The smallest absolute Gasteiger partial charge is 0.356 e. The first-order chi connectivity index (χ1) is 16.2. The van der Waals surface area contributed by atoms with Crippen molar-refractivity contribution in [2.75, 3.05) is 12.8 Å². The van der Waals surface area contributed by atoms with Crippen LogP contribution in [0.5, 0.6) is 5.75 Å². The number of amides is 1. The van der Waals surface area contributed by atoms with Crippen LogP contribution in [0.4, 0.5) is 14.5 Å². The van der Waals surface area contributed by atoms with Crippen LogP contribution in [0.3, 0.4) is 0 Å². The lowest BCUT2D eigenvalue weighted by atomic mass is 9.99. The molecule has 3 N–H and O–H groups in total. The zero-order valence-corrected chi connectivity index (χ0v) is 19.1. The SMILES string of the molecule is CC[C@@H](c1cccc(Cl)c1OC)N(Cc1cnc(C(=O)O)c(N)c1)C(=O)c1cc(F)cc(F)c1. The Morgan fingerprint density at radius 1 is 1.21 bits per heavy atom. The molecular weight excluding hydrogens is 468 g/mol. The molecule has 1 aromatic heterocycles. The van der Waals surface area contributed by atoms with Crippen LogP contribution in [0.1, 0.15) is 51.4 Å². The second kappa shape index (κ2) is 10.5. The average Bonchev–Trinajstić information content (AvgIpc) is 2.77. The Labute approximate surface area is 199 Å². The number of halogens is 3. The molecule has 0 aliphatic heterocycles. The number of rotatable bonds is 8. The molecule has 0 aliphatic carbocycles. The van der Waals surface area contributed by atoms with Crippen molar-refractivity contribution in [2.45, 2.75) is 25.9 Å². The molecule has 0 fully saturated rings. The highest BCUT2D eigenvalue weighted by Gasteiger charge is 2.29. The normalized spacial score (nSPS) is 11.7.